The molecule has 1 N–H and O–H groups in total. The Hall–Kier alpha value is -0.840. The van der Waals surface area contributed by atoms with E-state index in [1.54, 1.807) is 18.7 Å². The highest BCUT2D eigenvalue weighted by molar-refractivity contribution is 7.99. The summed E-state index contributed by atoms with van der Waals surface area (Å²) in [4.78, 5) is 8.46. The molecule has 0 radical (unpaired) electrons. The van der Waals surface area contributed by atoms with E-state index in [0.29, 0.717) is 22.6 Å². The maximum atomic E-state index is 13.8. The van der Waals surface area contributed by atoms with Crippen molar-refractivity contribution in [1.82, 2.24) is 9.97 Å². The molecule has 3 nitrogen and oxygen atoms in total. The van der Waals surface area contributed by atoms with Crippen LogP contribution < -0.4 is 5.32 Å². The Morgan fingerprint density at radius 1 is 1.33 bits per heavy atom. The smallest absolute Gasteiger partial charge is 0.186 e. The van der Waals surface area contributed by atoms with E-state index in [1.165, 1.54) is 0 Å². The van der Waals surface area contributed by atoms with Crippen LogP contribution in [0, 0.1) is 12.7 Å². The van der Waals surface area contributed by atoms with Gasteiger partial charge in [-0.3, -0.25) is 0 Å². The van der Waals surface area contributed by atoms with Crippen molar-refractivity contribution in [2.45, 2.75) is 51.5 Å². The Labute approximate surface area is 113 Å². The minimum Gasteiger partial charge on any atom is -0.368 e. The molecular formula is C13H22FN3S. The van der Waals surface area contributed by atoms with E-state index in [-0.39, 0.29) is 5.82 Å². The molecule has 0 saturated heterocycles. The Morgan fingerprint density at radius 2 is 2.06 bits per heavy atom. The highest BCUT2D eigenvalue weighted by Crippen LogP contribution is 2.20. The number of aromatic nitrogens is 2. The number of hydrogen-bond acceptors (Lipinski definition) is 4. The van der Waals surface area contributed by atoms with Crippen molar-refractivity contribution in [1.29, 1.82) is 0 Å². The van der Waals surface area contributed by atoms with E-state index in [2.05, 4.69) is 29.1 Å². The molecule has 0 aliphatic carbocycles. The van der Waals surface area contributed by atoms with Gasteiger partial charge in [0.2, 0.25) is 0 Å². The number of thioether (sulfide) groups is 1. The Balaban J connectivity index is 2.76. The maximum absolute atomic E-state index is 13.8. The quantitative estimate of drug-likeness (QED) is 0.819. The Kier molecular flexibility index (Phi) is 6.39. The third kappa shape index (κ3) is 4.44. The molecule has 1 heterocycles. The second-order valence-corrected chi connectivity index (χ2v) is 5.77. The lowest BCUT2D eigenvalue weighted by atomic mass is 10.3. The second kappa shape index (κ2) is 7.56. The summed E-state index contributed by atoms with van der Waals surface area (Å²) in [6, 6.07) is 0. The molecule has 1 unspecified atom stereocenters. The fourth-order valence-corrected chi connectivity index (χ4v) is 2.18. The summed E-state index contributed by atoms with van der Waals surface area (Å²) in [5, 5.41) is 3.59. The van der Waals surface area contributed by atoms with Crippen molar-refractivity contribution in [3.05, 3.63) is 17.3 Å². The van der Waals surface area contributed by atoms with Gasteiger partial charge in [-0.05, 0) is 19.8 Å². The van der Waals surface area contributed by atoms with Gasteiger partial charge in [0.15, 0.2) is 11.6 Å². The normalized spacial score (nSPS) is 12.5. The predicted octanol–water partition coefficient (Wildman–Crippen LogP) is 3.78. The van der Waals surface area contributed by atoms with Crippen molar-refractivity contribution in [3.63, 3.8) is 0 Å². The molecule has 0 amide bonds. The van der Waals surface area contributed by atoms with Gasteiger partial charge in [-0.2, -0.15) is 11.8 Å². The van der Waals surface area contributed by atoms with Crippen LogP contribution in [-0.2, 0) is 5.75 Å². The van der Waals surface area contributed by atoms with Crippen molar-refractivity contribution < 1.29 is 4.39 Å². The number of anilines is 1. The molecule has 0 aliphatic heterocycles. The summed E-state index contributed by atoms with van der Waals surface area (Å²) in [6.07, 6.45) is 2.06. The number of aryl methyl sites for hydroxylation is 1. The summed E-state index contributed by atoms with van der Waals surface area (Å²) in [5.41, 5.74) is 0.420. The van der Waals surface area contributed by atoms with Crippen molar-refractivity contribution in [2.75, 3.05) is 11.9 Å². The Bertz CT molecular complexity index is 385. The monoisotopic (exact) mass is 271 g/mol. The van der Waals surface area contributed by atoms with E-state index in [4.69, 9.17) is 0 Å². The zero-order valence-corrected chi connectivity index (χ0v) is 12.4. The van der Waals surface area contributed by atoms with Gasteiger partial charge in [-0.1, -0.05) is 20.8 Å². The first kappa shape index (κ1) is 15.2. The van der Waals surface area contributed by atoms with E-state index in [0.717, 1.165) is 25.1 Å². The van der Waals surface area contributed by atoms with Crippen LogP contribution in [0.1, 0.15) is 45.1 Å². The third-order valence-corrected chi connectivity index (χ3v) is 4.00. The molecule has 0 bridgehead atoms. The van der Waals surface area contributed by atoms with Crippen LogP contribution in [0.2, 0.25) is 0 Å². The van der Waals surface area contributed by atoms with E-state index in [1.807, 2.05) is 6.92 Å². The molecule has 0 aliphatic rings. The molecule has 1 aromatic rings. The summed E-state index contributed by atoms with van der Waals surface area (Å²) in [5.74, 6) is 1.44. The summed E-state index contributed by atoms with van der Waals surface area (Å²) in [7, 11) is 0. The number of halogens is 1. The average molecular weight is 271 g/mol. The fourth-order valence-electron chi connectivity index (χ4n) is 1.38. The zero-order chi connectivity index (χ0) is 13.5. The highest BCUT2D eigenvalue weighted by atomic mass is 32.2. The van der Waals surface area contributed by atoms with Crippen LogP contribution in [0.25, 0.3) is 0 Å². The molecule has 18 heavy (non-hydrogen) atoms. The lowest BCUT2D eigenvalue weighted by Gasteiger charge is -2.11. The van der Waals surface area contributed by atoms with Gasteiger partial charge < -0.3 is 5.32 Å². The minimum atomic E-state index is -0.333. The third-order valence-electron chi connectivity index (χ3n) is 2.68. The van der Waals surface area contributed by atoms with Crippen molar-refractivity contribution in [2.24, 2.45) is 0 Å². The number of nitrogens with one attached hydrogen (secondary N) is 1. The summed E-state index contributed by atoms with van der Waals surface area (Å²) in [6.45, 7) is 8.79. The number of rotatable bonds is 7. The molecule has 0 spiro atoms. The molecular weight excluding hydrogens is 249 g/mol. The summed E-state index contributed by atoms with van der Waals surface area (Å²) < 4.78 is 13.8. The van der Waals surface area contributed by atoms with Crippen LogP contribution in [0.4, 0.5) is 10.2 Å². The predicted molar refractivity (Wildman–Crippen MR) is 76.6 cm³/mol. The lowest BCUT2D eigenvalue weighted by molar-refractivity contribution is 0.601. The average Bonchev–Trinajstić information content (AvgIpc) is 2.37. The summed E-state index contributed by atoms with van der Waals surface area (Å²) >= 11 is 1.80. The number of hydrogen-bond donors (Lipinski definition) is 1. The van der Waals surface area contributed by atoms with Crippen LogP contribution >= 0.6 is 11.8 Å². The largest absolute Gasteiger partial charge is 0.368 e. The van der Waals surface area contributed by atoms with Gasteiger partial charge in [0.1, 0.15) is 5.82 Å². The molecule has 5 heteroatoms. The standard InChI is InChI=1S/C13H22FN3S/c1-5-7-15-13-12(14)10(4)16-11(17-13)8-18-9(3)6-2/h9H,5-8H2,1-4H3,(H,15,16,17). The van der Waals surface area contributed by atoms with E-state index >= 15 is 0 Å². The van der Waals surface area contributed by atoms with Gasteiger partial charge in [-0.25, -0.2) is 14.4 Å². The molecule has 1 rings (SSSR count). The number of nitrogens with zero attached hydrogens (tertiary/aromatic N) is 2. The Morgan fingerprint density at radius 3 is 2.67 bits per heavy atom. The fraction of sp³-hybridized carbons (Fsp3) is 0.692. The maximum Gasteiger partial charge on any atom is 0.186 e. The van der Waals surface area contributed by atoms with Crippen LogP contribution in [-0.4, -0.2) is 21.8 Å². The SMILES string of the molecule is CCCNc1nc(CSC(C)CC)nc(C)c1F. The van der Waals surface area contributed by atoms with Crippen LogP contribution in [0.15, 0.2) is 0 Å². The zero-order valence-electron chi connectivity index (χ0n) is 11.6. The first-order valence-electron chi connectivity index (χ1n) is 6.46. The van der Waals surface area contributed by atoms with Crippen molar-refractivity contribution >= 4 is 17.6 Å². The van der Waals surface area contributed by atoms with Gasteiger partial charge in [0, 0.05) is 11.8 Å². The van der Waals surface area contributed by atoms with Gasteiger partial charge in [0.05, 0.1) is 11.4 Å². The first-order valence-corrected chi connectivity index (χ1v) is 7.51. The topological polar surface area (TPSA) is 37.8 Å². The van der Waals surface area contributed by atoms with Gasteiger partial charge in [-0.15, -0.1) is 0 Å². The molecule has 0 saturated carbocycles. The molecule has 1 aromatic heterocycles. The molecule has 1 atom stereocenters. The molecule has 0 aromatic carbocycles. The molecule has 102 valence electrons. The van der Waals surface area contributed by atoms with Crippen LogP contribution in [0.3, 0.4) is 0 Å². The van der Waals surface area contributed by atoms with Gasteiger partial charge >= 0.3 is 0 Å². The minimum absolute atomic E-state index is 0.333. The lowest BCUT2D eigenvalue weighted by Crippen LogP contribution is -2.09. The van der Waals surface area contributed by atoms with Crippen molar-refractivity contribution in [3.8, 4) is 0 Å². The first-order chi connectivity index (χ1) is 8.58. The van der Waals surface area contributed by atoms with Gasteiger partial charge in [0.25, 0.3) is 0 Å². The molecule has 0 fully saturated rings. The van der Waals surface area contributed by atoms with Crippen LogP contribution in [0.5, 0.6) is 0 Å². The highest BCUT2D eigenvalue weighted by Gasteiger charge is 2.11. The van der Waals surface area contributed by atoms with E-state index < -0.39 is 0 Å². The van der Waals surface area contributed by atoms with E-state index in [9.17, 15) is 4.39 Å². The second-order valence-electron chi connectivity index (χ2n) is 4.34.